The Balaban J connectivity index is 0.000000409. The molecule has 2 aromatic carbocycles. The van der Waals surface area contributed by atoms with Gasteiger partial charge < -0.3 is 21.7 Å². The van der Waals surface area contributed by atoms with Gasteiger partial charge in [0.2, 0.25) is 0 Å². The average Bonchev–Trinajstić information content (AvgIpc) is 2.46. The minimum Gasteiger partial charge on any atom is -0.506 e. The van der Waals surface area contributed by atoms with E-state index in [1.807, 2.05) is 0 Å². The zero-order valence-corrected chi connectivity index (χ0v) is 13.6. The molecule has 0 aromatic heterocycles. The largest absolute Gasteiger partial charge is 0.506 e. The maximum absolute atomic E-state index is 11.9. The molecule has 0 radical (unpaired) electrons. The molecule has 0 aliphatic rings. The Bertz CT molecular complexity index is 596. The molecule has 0 fully saturated rings. The summed E-state index contributed by atoms with van der Waals surface area (Å²) in [5.41, 5.74) is 10.9. The van der Waals surface area contributed by atoms with E-state index in [-0.39, 0.29) is 22.7 Å². The van der Waals surface area contributed by atoms with E-state index in [9.17, 15) is 13.2 Å². The van der Waals surface area contributed by atoms with Gasteiger partial charge in [0.05, 0.1) is 17.8 Å². The summed E-state index contributed by atoms with van der Waals surface area (Å²) < 4.78 is 35.6. The number of phenols is 2. The first-order valence-electron chi connectivity index (χ1n) is 7.28. The van der Waals surface area contributed by atoms with Crippen molar-refractivity contribution in [2.75, 3.05) is 11.5 Å². The van der Waals surface area contributed by atoms with Gasteiger partial charge in [-0.25, -0.2) is 0 Å². The predicted octanol–water partition coefficient (Wildman–Crippen LogP) is 4.47. The summed E-state index contributed by atoms with van der Waals surface area (Å²) in [7, 11) is 0. The van der Waals surface area contributed by atoms with Gasteiger partial charge in [0.1, 0.15) is 11.5 Å². The molecule has 4 nitrogen and oxygen atoms in total. The minimum atomic E-state index is -4.25. The Morgan fingerprint density at radius 1 is 0.875 bits per heavy atom. The summed E-state index contributed by atoms with van der Waals surface area (Å²) in [5.74, 6) is -0.0570. The molecule has 6 N–H and O–H groups in total. The third kappa shape index (κ3) is 9.45. The number of phenolic OH excluding ortho intramolecular Hbond substituents is 2. The Morgan fingerprint density at radius 2 is 1.38 bits per heavy atom. The maximum Gasteiger partial charge on any atom is 0.393 e. The van der Waals surface area contributed by atoms with Crippen LogP contribution < -0.4 is 11.5 Å². The van der Waals surface area contributed by atoms with Crippen molar-refractivity contribution in [2.45, 2.75) is 32.9 Å². The van der Waals surface area contributed by atoms with Crippen molar-refractivity contribution in [2.24, 2.45) is 0 Å². The number of nitrogen functional groups attached to an aromatic ring is 2. The van der Waals surface area contributed by atoms with Crippen molar-refractivity contribution in [3.05, 3.63) is 48.0 Å². The van der Waals surface area contributed by atoms with Crippen LogP contribution in [0.15, 0.2) is 42.5 Å². The molecule has 0 aliphatic carbocycles. The van der Waals surface area contributed by atoms with Gasteiger partial charge in [-0.3, -0.25) is 0 Å². The fourth-order valence-electron chi connectivity index (χ4n) is 1.43. The van der Waals surface area contributed by atoms with Crippen LogP contribution in [0.5, 0.6) is 11.5 Å². The van der Waals surface area contributed by atoms with E-state index in [2.05, 4.69) is 13.8 Å². The van der Waals surface area contributed by atoms with Gasteiger partial charge in [-0.1, -0.05) is 38.5 Å². The lowest BCUT2D eigenvalue weighted by atomic mass is 10.1. The summed E-state index contributed by atoms with van der Waals surface area (Å²) >= 11 is 0. The minimum absolute atomic E-state index is 0.0400. The van der Waals surface area contributed by atoms with Gasteiger partial charge >= 0.3 is 6.18 Å². The summed E-state index contributed by atoms with van der Waals surface area (Å²) in [6, 6.07) is 10.2. The summed E-state index contributed by atoms with van der Waals surface area (Å²) in [4.78, 5) is 0. The number of alkyl halides is 3. The Labute approximate surface area is 139 Å². The van der Waals surface area contributed by atoms with E-state index < -0.39 is 12.6 Å². The number of para-hydroxylation sites is 2. The van der Waals surface area contributed by atoms with Crippen molar-refractivity contribution >= 4 is 11.4 Å². The van der Waals surface area contributed by atoms with Crippen LogP contribution in [-0.4, -0.2) is 16.4 Å². The fourth-order valence-corrected chi connectivity index (χ4v) is 1.43. The first-order valence-corrected chi connectivity index (χ1v) is 7.28. The molecule has 134 valence electrons. The number of benzene rings is 2. The number of anilines is 2. The zero-order chi connectivity index (χ0) is 18.8. The molecule has 0 unspecified atom stereocenters. The highest BCUT2D eigenvalue weighted by atomic mass is 19.4. The summed E-state index contributed by atoms with van der Waals surface area (Å²) in [5, 5.41) is 17.7. The van der Waals surface area contributed by atoms with Crippen molar-refractivity contribution in [1.82, 2.24) is 0 Å². The van der Waals surface area contributed by atoms with Crippen molar-refractivity contribution in [3.8, 4) is 11.5 Å². The molecule has 0 heterocycles. The molecular weight excluding hydrogens is 321 g/mol. The second-order valence-electron chi connectivity index (χ2n) is 4.95. The normalized spacial score (nSPS) is 10.0. The van der Waals surface area contributed by atoms with E-state index in [4.69, 9.17) is 21.7 Å². The molecule has 0 amide bonds. The number of rotatable bonds is 1. The quantitative estimate of drug-likeness (QED) is 0.454. The van der Waals surface area contributed by atoms with Gasteiger partial charge in [0.25, 0.3) is 0 Å². The van der Waals surface area contributed by atoms with E-state index in [0.717, 1.165) is 12.1 Å². The van der Waals surface area contributed by atoms with E-state index >= 15 is 0 Å². The van der Waals surface area contributed by atoms with E-state index in [1.165, 1.54) is 12.5 Å². The van der Waals surface area contributed by atoms with Crippen LogP contribution in [0.1, 0.15) is 25.8 Å². The number of aromatic hydroxyl groups is 2. The van der Waals surface area contributed by atoms with Crippen LogP contribution in [0, 0.1) is 0 Å². The third-order valence-electron chi connectivity index (χ3n) is 2.43. The van der Waals surface area contributed by atoms with Gasteiger partial charge in [-0.05, 0) is 29.8 Å². The molecule has 0 saturated carbocycles. The molecule has 7 heteroatoms. The van der Waals surface area contributed by atoms with Gasteiger partial charge in [-0.15, -0.1) is 0 Å². The highest BCUT2D eigenvalue weighted by Crippen LogP contribution is 2.26. The number of nitrogens with two attached hydrogens (primary N) is 2. The smallest absolute Gasteiger partial charge is 0.393 e. The fraction of sp³-hybridized carbons (Fsp3) is 0.294. The first-order chi connectivity index (χ1) is 11.1. The van der Waals surface area contributed by atoms with Crippen LogP contribution in [0.3, 0.4) is 0 Å². The van der Waals surface area contributed by atoms with Gasteiger partial charge in [0.15, 0.2) is 0 Å². The van der Waals surface area contributed by atoms with Crippen LogP contribution in [-0.2, 0) is 6.42 Å². The second-order valence-corrected chi connectivity index (χ2v) is 4.95. The number of hydrogen-bond donors (Lipinski definition) is 4. The molecule has 24 heavy (non-hydrogen) atoms. The Kier molecular flexibility index (Phi) is 9.15. The maximum atomic E-state index is 11.9. The highest BCUT2D eigenvalue weighted by Gasteiger charge is 2.27. The highest BCUT2D eigenvalue weighted by molar-refractivity contribution is 5.53. The molecule has 2 rings (SSSR count). The topological polar surface area (TPSA) is 92.5 Å². The molecule has 0 aliphatic heterocycles. The van der Waals surface area contributed by atoms with Crippen molar-refractivity contribution in [1.29, 1.82) is 0 Å². The lowest BCUT2D eigenvalue weighted by Gasteiger charge is -2.07. The van der Waals surface area contributed by atoms with Crippen LogP contribution >= 0.6 is 0 Å². The van der Waals surface area contributed by atoms with Crippen LogP contribution in [0.2, 0.25) is 0 Å². The van der Waals surface area contributed by atoms with E-state index in [0.29, 0.717) is 5.69 Å². The average molecular weight is 344 g/mol. The molecule has 0 spiro atoms. The van der Waals surface area contributed by atoms with E-state index in [1.54, 1.807) is 24.3 Å². The standard InChI is InChI=1S/C8H8F3NO.C6H7NO.C3H8/c9-8(10,11)4-5-1-2-7(13)6(12)3-5;7-5-3-1-2-4-6(5)8;1-3-2/h1-3,13H,4,12H2;1-4,8H,7H2;3H2,1-2H3. The zero-order valence-electron chi connectivity index (χ0n) is 13.6. The lowest BCUT2D eigenvalue weighted by Crippen LogP contribution is -2.11. The van der Waals surface area contributed by atoms with Gasteiger partial charge in [0, 0.05) is 0 Å². The SMILES string of the molecule is CCC.Nc1cc(CC(F)(F)F)ccc1O.Nc1ccccc1O. The summed E-state index contributed by atoms with van der Waals surface area (Å²) in [6.45, 7) is 4.25. The molecular formula is C17H23F3N2O2. The number of hydrogen-bond acceptors (Lipinski definition) is 4. The third-order valence-corrected chi connectivity index (χ3v) is 2.43. The molecule has 0 saturated heterocycles. The van der Waals surface area contributed by atoms with Crippen molar-refractivity contribution in [3.63, 3.8) is 0 Å². The summed E-state index contributed by atoms with van der Waals surface area (Å²) in [6.07, 6.45) is -4.03. The lowest BCUT2D eigenvalue weighted by molar-refractivity contribution is -0.127. The molecule has 0 atom stereocenters. The predicted molar refractivity (Wildman–Crippen MR) is 90.8 cm³/mol. The van der Waals surface area contributed by atoms with Crippen LogP contribution in [0.4, 0.5) is 24.5 Å². The molecule has 0 bridgehead atoms. The Morgan fingerprint density at radius 3 is 1.75 bits per heavy atom. The second kappa shape index (κ2) is 10.3. The Hall–Kier alpha value is -2.57. The van der Waals surface area contributed by atoms with Crippen molar-refractivity contribution < 1.29 is 23.4 Å². The monoisotopic (exact) mass is 344 g/mol. The van der Waals surface area contributed by atoms with Gasteiger partial charge in [-0.2, -0.15) is 13.2 Å². The molecule has 2 aromatic rings. The first kappa shape index (κ1) is 21.4. The number of halogens is 3. The van der Waals surface area contributed by atoms with Crippen LogP contribution in [0.25, 0.3) is 0 Å².